The number of ketones is 1. The van der Waals surface area contributed by atoms with E-state index in [0.29, 0.717) is 11.1 Å². The van der Waals surface area contributed by atoms with Crippen LogP contribution in [0.15, 0.2) is 83.8 Å². The molecule has 3 aromatic rings. The van der Waals surface area contributed by atoms with Crippen LogP contribution in [0.1, 0.15) is 31.8 Å². The summed E-state index contributed by atoms with van der Waals surface area (Å²) in [6.45, 7) is 1.73. The summed E-state index contributed by atoms with van der Waals surface area (Å²) in [7, 11) is -7.83. The molecule has 0 heterocycles. The molecule has 9 heteroatoms. The molecule has 0 saturated heterocycles. The van der Waals surface area contributed by atoms with Crippen LogP contribution in [0.25, 0.3) is 0 Å². The van der Waals surface area contributed by atoms with E-state index in [1.165, 1.54) is 36.4 Å². The molecule has 1 atom stereocenters. The molecular formula is C25H24O7S2. The van der Waals surface area contributed by atoms with Crippen LogP contribution in [0.4, 0.5) is 0 Å². The lowest BCUT2D eigenvalue weighted by Gasteiger charge is -2.17. The third-order valence-corrected chi connectivity index (χ3v) is 8.74. The molecule has 0 spiro atoms. The Morgan fingerprint density at radius 2 is 1.41 bits per heavy atom. The van der Waals surface area contributed by atoms with Gasteiger partial charge in [-0.2, -0.15) is 0 Å². The smallest absolute Gasteiger partial charge is 0.335 e. The van der Waals surface area contributed by atoms with Crippen molar-refractivity contribution in [2.75, 3.05) is 11.5 Å². The van der Waals surface area contributed by atoms with Gasteiger partial charge >= 0.3 is 5.97 Å². The number of carbonyl (C=O) groups is 2. The number of carboxylic acid groups (broad SMARTS) is 1. The third kappa shape index (κ3) is 6.61. The largest absolute Gasteiger partial charge is 0.478 e. The lowest BCUT2D eigenvalue weighted by molar-refractivity contribution is 0.0696. The second-order valence-corrected chi connectivity index (χ2v) is 12.2. The number of hydrogen-bond donors (Lipinski definition) is 1. The van der Waals surface area contributed by atoms with Crippen molar-refractivity contribution in [3.63, 3.8) is 0 Å². The van der Waals surface area contributed by atoms with E-state index < -0.39 is 48.9 Å². The quantitative estimate of drug-likeness (QED) is 0.422. The zero-order chi connectivity index (χ0) is 24.9. The lowest BCUT2D eigenvalue weighted by atomic mass is 10.00. The molecule has 178 valence electrons. The van der Waals surface area contributed by atoms with E-state index in [0.717, 1.165) is 0 Å². The molecule has 1 unspecified atom stereocenters. The number of aryl methyl sites for hydroxylation is 1. The van der Waals surface area contributed by atoms with Crippen LogP contribution in [0.2, 0.25) is 0 Å². The predicted molar refractivity (Wildman–Crippen MR) is 128 cm³/mol. The number of hydrogen-bond acceptors (Lipinski definition) is 6. The predicted octanol–water partition coefficient (Wildman–Crippen LogP) is 3.58. The van der Waals surface area contributed by atoms with Crippen molar-refractivity contribution in [1.82, 2.24) is 0 Å². The molecule has 3 rings (SSSR count). The average Bonchev–Trinajstić information content (AvgIpc) is 2.78. The summed E-state index contributed by atoms with van der Waals surface area (Å²) in [6.07, 6.45) is 0. The Balaban J connectivity index is 1.94. The maximum absolute atomic E-state index is 13.3. The van der Waals surface area contributed by atoms with Gasteiger partial charge in [-0.25, -0.2) is 21.6 Å². The van der Waals surface area contributed by atoms with Gasteiger partial charge < -0.3 is 5.11 Å². The first-order valence-electron chi connectivity index (χ1n) is 10.4. The molecule has 0 bridgehead atoms. The van der Waals surface area contributed by atoms with E-state index in [1.807, 2.05) is 0 Å². The van der Waals surface area contributed by atoms with Gasteiger partial charge in [0, 0.05) is 5.56 Å². The molecule has 0 aliphatic carbocycles. The molecular weight excluding hydrogens is 476 g/mol. The van der Waals surface area contributed by atoms with Crippen LogP contribution in [-0.2, 0) is 25.4 Å². The van der Waals surface area contributed by atoms with Gasteiger partial charge in [0.05, 0.1) is 33.6 Å². The summed E-state index contributed by atoms with van der Waals surface area (Å²) in [5.74, 6) is -4.90. The van der Waals surface area contributed by atoms with Crippen LogP contribution < -0.4 is 0 Å². The van der Waals surface area contributed by atoms with E-state index in [-0.39, 0.29) is 21.8 Å². The van der Waals surface area contributed by atoms with Gasteiger partial charge in [-0.05, 0) is 42.3 Å². The van der Waals surface area contributed by atoms with Crippen molar-refractivity contribution in [2.45, 2.75) is 17.6 Å². The van der Waals surface area contributed by atoms with Gasteiger partial charge in [-0.1, -0.05) is 54.6 Å². The van der Waals surface area contributed by atoms with Gasteiger partial charge in [-0.15, -0.1) is 0 Å². The summed E-state index contributed by atoms with van der Waals surface area (Å²) in [4.78, 5) is 24.4. The lowest BCUT2D eigenvalue weighted by Crippen LogP contribution is -2.31. The topological polar surface area (TPSA) is 123 Å². The van der Waals surface area contributed by atoms with Gasteiger partial charge in [0.2, 0.25) is 0 Å². The summed E-state index contributed by atoms with van der Waals surface area (Å²) < 4.78 is 52.1. The SMILES string of the molecule is Cc1cccc(S(=O)(=O)CC(CS(=O)(=O)Cc2ccccc2)C(=O)c2ccc(C(=O)O)cc2)c1. The first-order valence-corrected chi connectivity index (χ1v) is 13.9. The molecule has 0 amide bonds. The number of Topliss-reactive ketones (excluding diaryl/α,β-unsaturated/α-hetero) is 1. The van der Waals surface area contributed by atoms with Crippen molar-refractivity contribution < 1.29 is 31.5 Å². The maximum Gasteiger partial charge on any atom is 0.335 e. The van der Waals surface area contributed by atoms with Crippen LogP contribution >= 0.6 is 0 Å². The molecule has 34 heavy (non-hydrogen) atoms. The molecule has 0 aliphatic rings. The van der Waals surface area contributed by atoms with E-state index in [9.17, 15) is 26.4 Å². The maximum atomic E-state index is 13.3. The zero-order valence-corrected chi connectivity index (χ0v) is 20.1. The average molecular weight is 501 g/mol. The third-order valence-electron chi connectivity index (χ3n) is 5.24. The molecule has 1 N–H and O–H groups in total. The summed E-state index contributed by atoms with van der Waals surface area (Å²) in [5, 5.41) is 9.07. The molecule has 0 radical (unpaired) electrons. The second kappa shape index (κ2) is 10.3. The highest BCUT2D eigenvalue weighted by atomic mass is 32.2. The van der Waals surface area contributed by atoms with Crippen molar-refractivity contribution in [2.24, 2.45) is 5.92 Å². The second-order valence-electron chi connectivity index (χ2n) is 8.08. The van der Waals surface area contributed by atoms with Gasteiger partial charge in [0.1, 0.15) is 0 Å². The highest BCUT2D eigenvalue weighted by molar-refractivity contribution is 7.92. The van der Waals surface area contributed by atoms with Crippen LogP contribution in [0, 0.1) is 12.8 Å². The van der Waals surface area contributed by atoms with Crippen LogP contribution in [0.3, 0.4) is 0 Å². The number of carboxylic acids is 1. The normalized spacial score (nSPS) is 12.7. The van der Waals surface area contributed by atoms with E-state index >= 15 is 0 Å². The van der Waals surface area contributed by atoms with Crippen LogP contribution in [0.5, 0.6) is 0 Å². The highest BCUT2D eigenvalue weighted by Gasteiger charge is 2.32. The minimum Gasteiger partial charge on any atom is -0.478 e. The minimum atomic E-state index is -3.98. The number of carbonyl (C=O) groups excluding carboxylic acids is 1. The van der Waals surface area contributed by atoms with Crippen molar-refractivity contribution in [1.29, 1.82) is 0 Å². The molecule has 0 aliphatic heterocycles. The molecule has 7 nitrogen and oxygen atoms in total. The monoisotopic (exact) mass is 500 g/mol. The first-order chi connectivity index (χ1) is 16.0. The number of sulfone groups is 2. The van der Waals surface area contributed by atoms with Gasteiger partial charge in [0.15, 0.2) is 25.5 Å². The highest BCUT2D eigenvalue weighted by Crippen LogP contribution is 2.22. The van der Waals surface area contributed by atoms with E-state index in [4.69, 9.17) is 5.11 Å². The first kappa shape index (κ1) is 25.3. The van der Waals surface area contributed by atoms with Crippen molar-refractivity contribution >= 4 is 31.4 Å². The standard InChI is InChI=1S/C25H24O7S2/c1-18-6-5-9-23(14-18)34(31,32)17-22(16-33(29,30)15-19-7-3-2-4-8-19)24(26)20-10-12-21(13-11-20)25(27)28/h2-14,22H,15-17H2,1H3,(H,27,28). The summed E-state index contributed by atoms with van der Waals surface area (Å²) in [6, 6.07) is 19.6. The minimum absolute atomic E-state index is 0.00647. The Kier molecular flexibility index (Phi) is 7.68. The van der Waals surface area contributed by atoms with Gasteiger partial charge in [0.25, 0.3) is 0 Å². The Bertz CT molecular complexity index is 1390. The number of benzene rings is 3. The fourth-order valence-corrected chi connectivity index (χ4v) is 7.07. The Morgan fingerprint density at radius 1 is 0.794 bits per heavy atom. The fraction of sp³-hybridized carbons (Fsp3) is 0.200. The Hall–Kier alpha value is -3.30. The molecule has 0 saturated carbocycles. The molecule has 0 aromatic heterocycles. The van der Waals surface area contributed by atoms with E-state index in [2.05, 4.69) is 0 Å². The fourth-order valence-electron chi connectivity index (χ4n) is 3.58. The summed E-state index contributed by atoms with van der Waals surface area (Å²) >= 11 is 0. The number of aromatic carboxylic acids is 1. The van der Waals surface area contributed by atoms with Crippen molar-refractivity contribution in [3.8, 4) is 0 Å². The van der Waals surface area contributed by atoms with Gasteiger partial charge in [-0.3, -0.25) is 4.79 Å². The number of rotatable bonds is 10. The Morgan fingerprint density at radius 3 is 2.00 bits per heavy atom. The summed E-state index contributed by atoms with van der Waals surface area (Å²) in [5.41, 5.74) is 1.24. The Labute approximate surface area is 198 Å². The molecule has 3 aromatic carbocycles. The van der Waals surface area contributed by atoms with Crippen LogP contribution in [-0.4, -0.2) is 45.2 Å². The molecule has 0 fully saturated rings. The van der Waals surface area contributed by atoms with Crippen molar-refractivity contribution in [3.05, 3.63) is 101 Å². The zero-order valence-electron chi connectivity index (χ0n) is 18.4. The van der Waals surface area contributed by atoms with E-state index in [1.54, 1.807) is 49.4 Å².